The van der Waals surface area contributed by atoms with Gasteiger partial charge < -0.3 is 11.1 Å². The molecule has 0 aliphatic heterocycles. The van der Waals surface area contributed by atoms with Gasteiger partial charge in [0.15, 0.2) is 0 Å². The van der Waals surface area contributed by atoms with Gasteiger partial charge >= 0.3 is 0 Å². The van der Waals surface area contributed by atoms with E-state index in [-0.39, 0.29) is 0 Å². The molecule has 0 aliphatic rings. The highest BCUT2D eigenvalue weighted by molar-refractivity contribution is 9.10. The Hall–Kier alpha value is -1.48. The highest BCUT2D eigenvalue weighted by atomic mass is 79.9. The number of benzene rings is 2. The maximum absolute atomic E-state index is 5.63. The van der Waals surface area contributed by atoms with Crippen molar-refractivity contribution in [1.82, 2.24) is 0 Å². The van der Waals surface area contributed by atoms with Crippen molar-refractivity contribution in [2.75, 3.05) is 11.1 Å². The second-order valence-electron chi connectivity index (χ2n) is 3.73. The Bertz CT molecular complexity index is 492. The van der Waals surface area contributed by atoms with Crippen LogP contribution in [0.3, 0.4) is 0 Å². The topological polar surface area (TPSA) is 38.0 Å². The third kappa shape index (κ3) is 2.55. The van der Waals surface area contributed by atoms with Gasteiger partial charge in [0, 0.05) is 15.8 Å². The van der Waals surface area contributed by atoms with Crippen molar-refractivity contribution in [2.45, 2.75) is 6.92 Å². The summed E-state index contributed by atoms with van der Waals surface area (Å²) in [6.07, 6.45) is 0. The second kappa shape index (κ2) is 4.58. The predicted octanol–water partition coefficient (Wildman–Crippen LogP) is 4.08. The van der Waals surface area contributed by atoms with E-state index in [4.69, 9.17) is 5.73 Å². The van der Waals surface area contributed by atoms with E-state index in [9.17, 15) is 0 Å². The van der Waals surface area contributed by atoms with Crippen LogP contribution in [0.1, 0.15) is 5.56 Å². The molecule has 2 aromatic rings. The van der Waals surface area contributed by atoms with E-state index in [0.717, 1.165) is 21.5 Å². The summed E-state index contributed by atoms with van der Waals surface area (Å²) in [7, 11) is 0. The standard InChI is InChI=1S/C13H13BrN2/c1-9-2-7-13(12(14)8-9)16-11-5-3-10(15)4-6-11/h2-8,16H,15H2,1H3. The van der Waals surface area contributed by atoms with Crippen LogP contribution in [-0.4, -0.2) is 0 Å². The third-order valence-corrected chi connectivity index (χ3v) is 2.97. The summed E-state index contributed by atoms with van der Waals surface area (Å²) in [5.74, 6) is 0. The number of halogens is 1. The molecule has 0 atom stereocenters. The molecule has 16 heavy (non-hydrogen) atoms. The number of rotatable bonds is 2. The Morgan fingerprint density at radius 3 is 2.38 bits per heavy atom. The van der Waals surface area contributed by atoms with Crippen molar-refractivity contribution in [2.24, 2.45) is 0 Å². The zero-order chi connectivity index (χ0) is 11.5. The fourth-order valence-electron chi connectivity index (χ4n) is 1.44. The number of nitrogen functional groups attached to an aromatic ring is 1. The van der Waals surface area contributed by atoms with Gasteiger partial charge in [0.05, 0.1) is 5.69 Å². The zero-order valence-corrected chi connectivity index (χ0v) is 10.6. The minimum absolute atomic E-state index is 0.772. The molecule has 3 heteroatoms. The molecule has 2 nitrogen and oxygen atoms in total. The van der Waals surface area contributed by atoms with Gasteiger partial charge in [0.1, 0.15) is 0 Å². The number of aryl methyl sites for hydroxylation is 1. The first-order valence-electron chi connectivity index (χ1n) is 5.04. The SMILES string of the molecule is Cc1ccc(Nc2ccc(N)cc2)c(Br)c1. The summed E-state index contributed by atoms with van der Waals surface area (Å²) >= 11 is 3.53. The lowest BCUT2D eigenvalue weighted by Gasteiger charge is -2.09. The van der Waals surface area contributed by atoms with Crippen LogP contribution >= 0.6 is 15.9 Å². The van der Waals surface area contributed by atoms with E-state index in [0.29, 0.717) is 0 Å². The molecular formula is C13H13BrN2. The largest absolute Gasteiger partial charge is 0.399 e. The number of nitrogens with one attached hydrogen (secondary N) is 1. The first-order valence-corrected chi connectivity index (χ1v) is 5.83. The van der Waals surface area contributed by atoms with Gasteiger partial charge in [-0.2, -0.15) is 0 Å². The molecule has 0 heterocycles. The molecule has 0 aliphatic carbocycles. The monoisotopic (exact) mass is 276 g/mol. The molecule has 0 aromatic heterocycles. The van der Waals surface area contributed by atoms with Crippen LogP contribution in [0.5, 0.6) is 0 Å². The molecule has 2 aromatic carbocycles. The van der Waals surface area contributed by atoms with Crippen molar-refractivity contribution in [3.05, 3.63) is 52.5 Å². The van der Waals surface area contributed by atoms with E-state index in [1.165, 1.54) is 5.56 Å². The molecule has 0 saturated heterocycles. The number of anilines is 3. The normalized spacial score (nSPS) is 10.1. The molecule has 0 bridgehead atoms. The van der Waals surface area contributed by atoms with E-state index in [1.807, 2.05) is 24.3 Å². The van der Waals surface area contributed by atoms with E-state index >= 15 is 0 Å². The summed E-state index contributed by atoms with van der Waals surface area (Å²) in [5.41, 5.74) is 9.71. The average molecular weight is 277 g/mol. The molecule has 0 spiro atoms. The van der Waals surface area contributed by atoms with Gasteiger partial charge in [-0.05, 0) is 64.8 Å². The number of nitrogens with two attached hydrogens (primary N) is 1. The first-order chi connectivity index (χ1) is 7.65. The Morgan fingerprint density at radius 2 is 1.75 bits per heavy atom. The second-order valence-corrected chi connectivity index (χ2v) is 4.58. The number of hydrogen-bond donors (Lipinski definition) is 2. The van der Waals surface area contributed by atoms with Crippen LogP contribution in [0, 0.1) is 6.92 Å². The fraction of sp³-hybridized carbons (Fsp3) is 0.0769. The van der Waals surface area contributed by atoms with Crippen molar-refractivity contribution in [3.8, 4) is 0 Å². The lowest BCUT2D eigenvalue weighted by molar-refractivity contribution is 1.43. The zero-order valence-electron chi connectivity index (χ0n) is 9.00. The van der Waals surface area contributed by atoms with Crippen LogP contribution in [0.25, 0.3) is 0 Å². The van der Waals surface area contributed by atoms with Crippen molar-refractivity contribution in [3.63, 3.8) is 0 Å². The molecule has 2 rings (SSSR count). The summed E-state index contributed by atoms with van der Waals surface area (Å²) in [6.45, 7) is 2.07. The molecular weight excluding hydrogens is 264 g/mol. The predicted molar refractivity (Wildman–Crippen MR) is 73.0 cm³/mol. The molecule has 3 N–H and O–H groups in total. The summed E-state index contributed by atoms with van der Waals surface area (Å²) in [6, 6.07) is 13.9. The lowest BCUT2D eigenvalue weighted by atomic mass is 10.2. The smallest absolute Gasteiger partial charge is 0.0528 e. The molecule has 0 amide bonds. The minimum Gasteiger partial charge on any atom is -0.399 e. The maximum atomic E-state index is 5.63. The van der Waals surface area contributed by atoms with Gasteiger partial charge in [-0.3, -0.25) is 0 Å². The van der Waals surface area contributed by atoms with Crippen LogP contribution in [0.15, 0.2) is 46.9 Å². The van der Waals surface area contributed by atoms with Gasteiger partial charge in [0.2, 0.25) is 0 Å². The minimum atomic E-state index is 0.772. The highest BCUT2D eigenvalue weighted by Crippen LogP contribution is 2.26. The van der Waals surface area contributed by atoms with Gasteiger partial charge in [-0.1, -0.05) is 6.07 Å². The first kappa shape index (κ1) is 11.0. The van der Waals surface area contributed by atoms with E-state index in [1.54, 1.807) is 0 Å². The highest BCUT2D eigenvalue weighted by Gasteiger charge is 2.00. The summed E-state index contributed by atoms with van der Waals surface area (Å²) < 4.78 is 1.06. The van der Waals surface area contributed by atoms with Crippen LogP contribution in [0.2, 0.25) is 0 Å². The Labute approximate surface area is 104 Å². The fourth-order valence-corrected chi connectivity index (χ4v) is 2.04. The molecule has 0 saturated carbocycles. The number of hydrogen-bond acceptors (Lipinski definition) is 2. The van der Waals surface area contributed by atoms with Crippen molar-refractivity contribution < 1.29 is 0 Å². The van der Waals surface area contributed by atoms with Crippen LogP contribution in [0.4, 0.5) is 17.1 Å². The van der Waals surface area contributed by atoms with Crippen molar-refractivity contribution >= 4 is 33.0 Å². The van der Waals surface area contributed by atoms with Crippen molar-refractivity contribution in [1.29, 1.82) is 0 Å². The average Bonchev–Trinajstić information content (AvgIpc) is 2.25. The Morgan fingerprint density at radius 1 is 1.06 bits per heavy atom. The summed E-state index contributed by atoms with van der Waals surface area (Å²) in [4.78, 5) is 0. The Kier molecular flexibility index (Phi) is 3.15. The molecule has 0 unspecified atom stereocenters. The van der Waals surface area contributed by atoms with E-state index < -0.39 is 0 Å². The van der Waals surface area contributed by atoms with Gasteiger partial charge in [-0.15, -0.1) is 0 Å². The maximum Gasteiger partial charge on any atom is 0.0528 e. The lowest BCUT2D eigenvalue weighted by Crippen LogP contribution is -1.92. The molecule has 0 radical (unpaired) electrons. The molecule has 82 valence electrons. The molecule has 0 fully saturated rings. The summed E-state index contributed by atoms with van der Waals surface area (Å²) in [5, 5.41) is 3.32. The van der Waals surface area contributed by atoms with Crippen LogP contribution in [-0.2, 0) is 0 Å². The Balaban J connectivity index is 2.23. The third-order valence-electron chi connectivity index (χ3n) is 2.31. The van der Waals surface area contributed by atoms with Gasteiger partial charge in [0.25, 0.3) is 0 Å². The quantitative estimate of drug-likeness (QED) is 0.811. The van der Waals surface area contributed by atoms with Crippen LogP contribution < -0.4 is 11.1 Å². The van der Waals surface area contributed by atoms with Gasteiger partial charge in [-0.25, -0.2) is 0 Å². The van der Waals surface area contributed by atoms with E-state index in [2.05, 4.69) is 46.4 Å².